The number of carbonyl (C=O) groups is 1. The number of hydrogen-bond acceptors (Lipinski definition) is 4. The lowest BCUT2D eigenvalue weighted by Gasteiger charge is -1.91. The van der Waals surface area contributed by atoms with Gasteiger partial charge in [0.15, 0.2) is 5.78 Å². The Morgan fingerprint density at radius 1 is 1.73 bits per heavy atom. The van der Waals surface area contributed by atoms with Gasteiger partial charge in [-0.1, -0.05) is 0 Å². The van der Waals surface area contributed by atoms with Crippen LogP contribution in [0.5, 0.6) is 0 Å². The number of thiophene rings is 1. The van der Waals surface area contributed by atoms with Crippen molar-refractivity contribution in [2.75, 3.05) is 12.0 Å². The van der Waals surface area contributed by atoms with Crippen LogP contribution in [0.2, 0.25) is 0 Å². The summed E-state index contributed by atoms with van der Waals surface area (Å²) in [5, 5.41) is 0.708. The molecule has 1 heterocycles. The highest BCUT2D eigenvalue weighted by atomic mass is 32.2. The molecule has 0 atom stereocenters. The van der Waals surface area contributed by atoms with Gasteiger partial charge in [0.2, 0.25) is 0 Å². The molecule has 1 aromatic heterocycles. The number of Topliss-reactive ketones (excluding diaryl/α,β-unsaturated/α-hetero) is 1. The van der Waals surface area contributed by atoms with E-state index in [-0.39, 0.29) is 5.78 Å². The minimum atomic E-state index is 0.0936. The van der Waals surface area contributed by atoms with Gasteiger partial charge in [-0.25, -0.2) is 0 Å². The van der Waals surface area contributed by atoms with Gasteiger partial charge in [0.25, 0.3) is 0 Å². The molecule has 60 valence electrons. The van der Waals surface area contributed by atoms with Crippen molar-refractivity contribution in [1.82, 2.24) is 0 Å². The number of anilines is 1. The molecule has 0 fully saturated rings. The number of rotatable bonds is 2. The molecule has 0 aliphatic heterocycles. The minimum absolute atomic E-state index is 0.0936. The summed E-state index contributed by atoms with van der Waals surface area (Å²) < 4.78 is 0. The number of nitrogens with two attached hydrogens (primary N) is 1. The molecular formula is C7H9NOS2. The number of thioether (sulfide) groups is 1. The van der Waals surface area contributed by atoms with E-state index in [1.807, 2.05) is 12.3 Å². The van der Waals surface area contributed by atoms with Gasteiger partial charge in [-0.3, -0.25) is 4.79 Å². The Morgan fingerprint density at radius 2 is 2.36 bits per heavy atom. The van der Waals surface area contributed by atoms with Crippen LogP contribution in [0.4, 0.5) is 5.00 Å². The summed E-state index contributed by atoms with van der Waals surface area (Å²) in [5.74, 6) is 0.0936. The molecule has 0 spiro atoms. The van der Waals surface area contributed by atoms with Gasteiger partial charge in [0.1, 0.15) is 0 Å². The van der Waals surface area contributed by atoms with Gasteiger partial charge in [-0.2, -0.15) is 0 Å². The van der Waals surface area contributed by atoms with E-state index in [2.05, 4.69) is 0 Å². The predicted molar refractivity (Wildman–Crippen MR) is 50.5 cm³/mol. The van der Waals surface area contributed by atoms with Crippen molar-refractivity contribution in [3.05, 3.63) is 10.9 Å². The lowest BCUT2D eigenvalue weighted by atomic mass is 10.3. The zero-order valence-electron chi connectivity index (χ0n) is 6.38. The second kappa shape index (κ2) is 3.28. The van der Waals surface area contributed by atoms with Crippen molar-refractivity contribution >= 4 is 33.9 Å². The van der Waals surface area contributed by atoms with Crippen molar-refractivity contribution < 1.29 is 4.79 Å². The first-order valence-corrected chi connectivity index (χ1v) is 5.13. The van der Waals surface area contributed by atoms with E-state index >= 15 is 0 Å². The summed E-state index contributed by atoms with van der Waals surface area (Å²) in [6.07, 6.45) is 1.94. The standard InChI is InChI=1S/C7H9NOS2/c1-4(9)7-5(10-2)3-6(8)11-7/h3H,8H2,1-2H3. The molecule has 0 unspecified atom stereocenters. The molecule has 0 aromatic carbocycles. The van der Waals surface area contributed by atoms with E-state index in [1.54, 1.807) is 18.7 Å². The predicted octanol–water partition coefficient (Wildman–Crippen LogP) is 2.25. The highest BCUT2D eigenvalue weighted by Gasteiger charge is 2.09. The Morgan fingerprint density at radius 3 is 2.73 bits per heavy atom. The molecular weight excluding hydrogens is 178 g/mol. The first kappa shape index (κ1) is 8.62. The third kappa shape index (κ3) is 1.75. The second-order valence-electron chi connectivity index (χ2n) is 2.10. The lowest BCUT2D eigenvalue weighted by molar-refractivity contribution is 0.101. The Bertz CT molecular complexity index is 280. The molecule has 2 N–H and O–H groups in total. The van der Waals surface area contributed by atoms with Gasteiger partial charge in [-0.05, 0) is 19.2 Å². The van der Waals surface area contributed by atoms with Crippen LogP contribution in [0.15, 0.2) is 11.0 Å². The van der Waals surface area contributed by atoms with Crippen molar-refractivity contribution in [1.29, 1.82) is 0 Å². The van der Waals surface area contributed by atoms with Crippen LogP contribution >= 0.6 is 23.1 Å². The van der Waals surface area contributed by atoms with E-state index in [0.717, 1.165) is 9.77 Å². The van der Waals surface area contributed by atoms with E-state index in [1.165, 1.54) is 11.3 Å². The highest BCUT2D eigenvalue weighted by molar-refractivity contribution is 7.98. The summed E-state index contributed by atoms with van der Waals surface area (Å²) in [5.41, 5.74) is 5.55. The average molecular weight is 187 g/mol. The topological polar surface area (TPSA) is 43.1 Å². The summed E-state index contributed by atoms with van der Waals surface area (Å²) in [7, 11) is 0. The smallest absolute Gasteiger partial charge is 0.170 e. The fourth-order valence-electron chi connectivity index (χ4n) is 0.789. The van der Waals surface area contributed by atoms with Crippen LogP contribution < -0.4 is 5.73 Å². The highest BCUT2D eigenvalue weighted by Crippen LogP contribution is 2.31. The molecule has 0 saturated heterocycles. The van der Waals surface area contributed by atoms with Crippen LogP contribution in [0.3, 0.4) is 0 Å². The fraction of sp³-hybridized carbons (Fsp3) is 0.286. The summed E-state index contributed by atoms with van der Waals surface area (Å²) in [4.78, 5) is 12.7. The van der Waals surface area contributed by atoms with Crippen LogP contribution in [0, 0.1) is 0 Å². The molecule has 2 nitrogen and oxygen atoms in total. The first-order chi connectivity index (χ1) is 5.15. The maximum Gasteiger partial charge on any atom is 0.170 e. The third-order valence-corrected chi connectivity index (χ3v) is 3.21. The summed E-state index contributed by atoms with van der Waals surface area (Å²) >= 11 is 2.91. The quantitative estimate of drug-likeness (QED) is 0.570. The van der Waals surface area contributed by atoms with E-state index in [0.29, 0.717) is 5.00 Å². The monoisotopic (exact) mass is 187 g/mol. The number of ketones is 1. The second-order valence-corrected chi connectivity index (χ2v) is 4.03. The van der Waals surface area contributed by atoms with Gasteiger partial charge in [0, 0.05) is 4.90 Å². The van der Waals surface area contributed by atoms with Crippen molar-refractivity contribution in [3.63, 3.8) is 0 Å². The lowest BCUT2D eigenvalue weighted by Crippen LogP contribution is -1.87. The zero-order chi connectivity index (χ0) is 8.43. The molecule has 0 aliphatic carbocycles. The van der Waals surface area contributed by atoms with Gasteiger partial charge in [-0.15, -0.1) is 23.1 Å². The maximum atomic E-state index is 11.0. The largest absolute Gasteiger partial charge is 0.391 e. The number of nitrogen functional groups attached to an aromatic ring is 1. The Labute approximate surface area is 73.8 Å². The van der Waals surface area contributed by atoms with Crippen molar-refractivity contribution in [2.45, 2.75) is 11.8 Å². The van der Waals surface area contributed by atoms with Gasteiger partial charge >= 0.3 is 0 Å². The molecule has 0 aliphatic rings. The van der Waals surface area contributed by atoms with E-state index in [4.69, 9.17) is 5.73 Å². The van der Waals surface area contributed by atoms with Gasteiger partial charge in [0.05, 0.1) is 9.88 Å². The first-order valence-electron chi connectivity index (χ1n) is 3.09. The van der Waals surface area contributed by atoms with Crippen LogP contribution in [-0.2, 0) is 0 Å². The zero-order valence-corrected chi connectivity index (χ0v) is 8.01. The van der Waals surface area contributed by atoms with Crippen molar-refractivity contribution in [2.24, 2.45) is 0 Å². The molecule has 11 heavy (non-hydrogen) atoms. The van der Waals surface area contributed by atoms with E-state index < -0.39 is 0 Å². The molecule has 0 bridgehead atoms. The van der Waals surface area contributed by atoms with Gasteiger partial charge < -0.3 is 5.73 Å². The number of hydrogen-bond donors (Lipinski definition) is 1. The maximum absolute atomic E-state index is 11.0. The fourth-order valence-corrected chi connectivity index (χ4v) is 2.53. The molecule has 0 saturated carbocycles. The molecule has 1 rings (SSSR count). The summed E-state index contributed by atoms with van der Waals surface area (Å²) in [6.45, 7) is 1.56. The van der Waals surface area contributed by atoms with Crippen LogP contribution in [-0.4, -0.2) is 12.0 Å². The van der Waals surface area contributed by atoms with E-state index in [9.17, 15) is 4.79 Å². The van der Waals surface area contributed by atoms with Crippen LogP contribution in [0.25, 0.3) is 0 Å². The normalized spacial score (nSPS) is 10.0. The van der Waals surface area contributed by atoms with Crippen molar-refractivity contribution in [3.8, 4) is 0 Å². The Hall–Kier alpha value is -0.480. The van der Waals surface area contributed by atoms with Crippen LogP contribution in [0.1, 0.15) is 16.6 Å². The number of carbonyl (C=O) groups excluding carboxylic acids is 1. The average Bonchev–Trinajstić information content (AvgIpc) is 2.30. The Balaban J connectivity index is 3.12. The SMILES string of the molecule is CSc1cc(N)sc1C(C)=O. The molecule has 4 heteroatoms. The molecule has 0 radical (unpaired) electrons. The summed E-state index contributed by atoms with van der Waals surface area (Å²) in [6, 6.07) is 1.84. The molecule has 0 amide bonds. The Kier molecular flexibility index (Phi) is 2.57. The molecule has 1 aromatic rings. The minimum Gasteiger partial charge on any atom is -0.391 e. The third-order valence-electron chi connectivity index (χ3n) is 1.26.